The lowest BCUT2D eigenvalue weighted by Crippen LogP contribution is -2.41. The number of aryl methyl sites for hydroxylation is 1. The van der Waals surface area contributed by atoms with Gasteiger partial charge in [0.1, 0.15) is 11.9 Å². The summed E-state index contributed by atoms with van der Waals surface area (Å²) in [5.74, 6) is 0.521. The number of methoxy groups -OCH3 is 1. The molecule has 1 aliphatic heterocycles. The Labute approximate surface area is 230 Å². The summed E-state index contributed by atoms with van der Waals surface area (Å²) in [6, 6.07) is 15.3. The lowest BCUT2D eigenvalue weighted by atomic mass is 9.79. The van der Waals surface area contributed by atoms with Crippen molar-refractivity contribution in [2.45, 2.75) is 57.5 Å². The van der Waals surface area contributed by atoms with Crippen LogP contribution >= 0.6 is 11.6 Å². The predicted octanol–water partition coefficient (Wildman–Crippen LogP) is 7.51. The monoisotopic (exact) mass is 540 g/mol. The topological polar surface area (TPSA) is 62.7 Å². The molecule has 0 spiro atoms. The van der Waals surface area contributed by atoms with Gasteiger partial charge >= 0.3 is 5.97 Å². The van der Waals surface area contributed by atoms with Gasteiger partial charge in [-0.1, -0.05) is 29.8 Å². The van der Waals surface area contributed by atoms with Crippen molar-refractivity contribution < 1.29 is 19.0 Å². The van der Waals surface area contributed by atoms with Gasteiger partial charge in [0.2, 0.25) is 0 Å². The molecule has 0 saturated carbocycles. The Morgan fingerprint density at radius 3 is 2.82 bits per heavy atom. The number of halogens is 2. The van der Waals surface area contributed by atoms with Crippen molar-refractivity contribution in [1.82, 2.24) is 9.88 Å². The molecule has 1 aliphatic rings. The molecule has 2 unspecified atom stereocenters. The normalized spacial score (nSPS) is 18.9. The SMILES string of the molecule is COc1ccc2nccc([C@@H](F)CCC3CCN(CCCCc4ccccc4Cl)CC3CCC(=O)O)c2c1. The van der Waals surface area contributed by atoms with E-state index < -0.39 is 12.1 Å². The zero-order valence-electron chi connectivity index (χ0n) is 22.1. The summed E-state index contributed by atoms with van der Waals surface area (Å²) in [7, 11) is 1.60. The van der Waals surface area contributed by atoms with Crippen molar-refractivity contribution in [2.75, 3.05) is 26.7 Å². The van der Waals surface area contributed by atoms with Crippen LogP contribution in [0.25, 0.3) is 10.9 Å². The summed E-state index contributed by atoms with van der Waals surface area (Å²) >= 11 is 6.29. The van der Waals surface area contributed by atoms with Crippen LogP contribution in [0.2, 0.25) is 5.02 Å². The van der Waals surface area contributed by atoms with Gasteiger partial charge in [-0.2, -0.15) is 0 Å². The van der Waals surface area contributed by atoms with E-state index in [4.69, 9.17) is 16.3 Å². The van der Waals surface area contributed by atoms with Gasteiger partial charge in [0.15, 0.2) is 0 Å². The number of unbranched alkanes of at least 4 members (excludes halogenated alkanes) is 1. The average Bonchev–Trinajstić information content (AvgIpc) is 2.93. The predicted molar refractivity (Wildman–Crippen MR) is 151 cm³/mol. The number of hydrogen-bond acceptors (Lipinski definition) is 4. The van der Waals surface area contributed by atoms with E-state index in [1.807, 2.05) is 36.4 Å². The molecule has 0 bridgehead atoms. The van der Waals surface area contributed by atoms with Gasteiger partial charge in [-0.15, -0.1) is 0 Å². The number of carbonyl (C=O) groups is 1. The van der Waals surface area contributed by atoms with E-state index in [9.17, 15) is 9.90 Å². The van der Waals surface area contributed by atoms with Crippen molar-refractivity contribution in [3.63, 3.8) is 0 Å². The van der Waals surface area contributed by atoms with E-state index in [0.717, 1.165) is 67.7 Å². The molecule has 1 N–H and O–H groups in total. The molecule has 4 rings (SSSR count). The standard InChI is InChI=1S/C31H38ClFN2O3/c1-38-25-11-13-30-27(20-25)26(15-17-34-30)29(33)12-9-22-16-19-35(21-24(22)10-14-31(36)37)18-5-4-7-23-6-2-3-8-28(23)32/h2-3,6,8,11,13,15,17,20,22,24,29H,4-5,7,9-10,12,14,16,18-19,21H2,1H3,(H,36,37)/t22?,24?,29-/m0/s1. The van der Waals surface area contributed by atoms with Crippen LogP contribution < -0.4 is 4.74 Å². The third-order valence-corrected chi connectivity index (χ3v) is 8.31. The molecule has 1 fully saturated rings. The maximum absolute atomic E-state index is 15.6. The Morgan fingerprint density at radius 2 is 2.03 bits per heavy atom. The summed E-state index contributed by atoms with van der Waals surface area (Å²) in [6.45, 7) is 2.86. The van der Waals surface area contributed by atoms with Gasteiger partial charge in [-0.05, 0) is 111 Å². The number of piperidine rings is 1. The highest BCUT2D eigenvalue weighted by atomic mass is 35.5. The summed E-state index contributed by atoms with van der Waals surface area (Å²) in [5.41, 5.74) is 2.59. The fourth-order valence-corrected chi connectivity index (χ4v) is 6.02. The van der Waals surface area contributed by atoms with E-state index in [-0.39, 0.29) is 12.3 Å². The van der Waals surface area contributed by atoms with Crippen LogP contribution in [0, 0.1) is 11.8 Å². The molecule has 2 heterocycles. The Balaban J connectivity index is 1.32. The van der Waals surface area contributed by atoms with Gasteiger partial charge in [0, 0.05) is 29.6 Å². The number of ether oxygens (including phenoxy) is 1. The average molecular weight is 541 g/mol. The largest absolute Gasteiger partial charge is 0.497 e. The molecule has 0 aliphatic carbocycles. The quantitative estimate of drug-likeness (QED) is 0.227. The number of pyridine rings is 1. The molecule has 3 aromatic rings. The molecule has 2 aromatic carbocycles. The van der Waals surface area contributed by atoms with Crippen molar-refractivity contribution in [1.29, 1.82) is 0 Å². The van der Waals surface area contributed by atoms with Crippen molar-refractivity contribution >= 4 is 28.5 Å². The molecule has 7 heteroatoms. The van der Waals surface area contributed by atoms with E-state index in [1.165, 1.54) is 5.56 Å². The number of fused-ring (bicyclic) bond motifs is 1. The molecule has 5 nitrogen and oxygen atoms in total. The van der Waals surface area contributed by atoms with Crippen LogP contribution in [0.4, 0.5) is 4.39 Å². The van der Waals surface area contributed by atoms with Crippen LogP contribution in [0.1, 0.15) is 62.2 Å². The minimum atomic E-state index is -1.10. The van der Waals surface area contributed by atoms with Gasteiger partial charge in [0.05, 0.1) is 12.6 Å². The summed E-state index contributed by atoms with van der Waals surface area (Å²) in [5, 5.41) is 10.9. The summed E-state index contributed by atoms with van der Waals surface area (Å²) in [4.78, 5) is 18.2. The van der Waals surface area contributed by atoms with E-state index in [0.29, 0.717) is 30.1 Å². The first-order chi connectivity index (χ1) is 18.4. The number of aliphatic carboxylic acids is 1. The summed E-state index contributed by atoms with van der Waals surface area (Å²) < 4.78 is 20.9. The van der Waals surface area contributed by atoms with Gasteiger partial charge in [-0.3, -0.25) is 9.78 Å². The minimum absolute atomic E-state index is 0.162. The lowest BCUT2D eigenvalue weighted by Gasteiger charge is -2.39. The molecule has 38 heavy (non-hydrogen) atoms. The zero-order chi connectivity index (χ0) is 26.9. The Morgan fingerprint density at radius 1 is 1.18 bits per heavy atom. The molecular formula is C31H38ClFN2O3. The number of likely N-dealkylation sites (tertiary alicyclic amines) is 1. The van der Waals surface area contributed by atoms with Crippen LogP contribution in [-0.4, -0.2) is 47.7 Å². The number of carboxylic acids is 1. The molecular weight excluding hydrogens is 503 g/mol. The van der Waals surface area contributed by atoms with E-state index in [2.05, 4.69) is 16.0 Å². The fourth-order valence-electron chi connectivity index (χ4n) is 5.79. The number of hydrogen-bond donors (Lipinski definition) is 1. The van der Waals surface area contributed by atoms with Crippen molar-refractivity contribution in [3.8, 4) is 5.75 Å². The third kappa shape index (κ3) is 7.67. The fraction of sp³-hybridized carbons (Fsp3) is 0.484. The summed E-state index contributed by atoms with van der Waals surface area (Å²) in [6.07, 6.45) is 6.62. The molecule has 1 aromatic heterocycles. The van der Waals surface area contributed by atoms with Crippen molar-refractivity contribution in [2.24, 2.45) is 11.8 Å². The van der Waals surface area contributed by atoms with E-state index >= 15 is 4.39 Å². The van der Waals surface area contributed by atoms with Gasteiger partial charge < -0.3 is 14.7 Å². The molecule has 3 atom stereocenters. The Hall–Kier alpha value is -2.70. The highest BCUT2D eigenvalue weighted by molar-refractivity contribution is 6.31. The Kier molecular flexibility index (Phi) is 10.4. The second-order valence-corrected chi connectivity index (χ2v) is 10.8. The molecule has 204 valence electrons. The number of alkyl halides is 1. The molecule has 0 radical (unpaired) electrons. The minimum Gasteiger partial charge on any atom is -0.497 e. The number of benzene rings is 2. The Bertz CT molecular complexity index is 1210. The smallest absolute Gasteiger partial charge is 0.303 e. The number of nitrogens with zero attached hydrogens (tertiary/aromatic N) is 2. The maximum atomic E-state index is 15.6. The number of carboxylic acid groups (broad SMARTS) is 1. The number of aromatic nitrogens is 1. The first kappa shape index (κ1) is 28.3. The molecule has 0 amide bonds. The van der Waals surface area contributed by atoms with Crippen LogP contribution in [0.5, 0.6) is 5.75 Å². The third-order valence-electron chi connectivity index (χ3n) is 7.94. The van der Waals surface area contributed by atoms with Crippen LogP contribution in [0.3, 0.4) is 0 Å². The van der Waals surface area contributed by atoms with Crippen LogP contribution in [-0.2, 0) is 11.2 Å². The second kappa shape index (κ2) is 13.9. The van der Waals surface area contributed by atoms with Gasteiger partial charge in [-0.25, -0.2) is 4.39 Å². The zero-order valence-corrected chi connectivity index (χ0v) is 22.9. The lowest BCUT2D eigenvalue weighted by molar-refractivity contribution is -0.137. The number of rotatable bonds is 13. The van der Waals surface area contributed by atoms with Gasteiger partial charge in [0.25, 0.3) is 0 Å². The molecule has 1 saturated heterocycles. The van der Waals surface area contributed by atoms with Crippen molar-refractivity contribution in [3.05, 3.63) is 70.9 Å². The van der Waals surface area contributed by atoms with E-state index in [1.54, 1.807) is 19.4 Å². The highest BCUT2D eigenvalue weighted by Crippen LogP contribution is 2.36. The highest BCUT2D eigenvalue weighted by Gasteiger charge is 2.30. The van der Waals surface area contributed by atoms with Crippen LogP contribution in [0.15, 0.2) is 54.7 Å². The first-order valence-corrected chi connectivity index (χ1v) is 14.1. The second-order valence-electron chi connectivity index (χ2n) is 10.4. The maximum Gasteiger partial charge on any atom is 0.303 e. The first-order valence-electron chi connectivity index (χ1n) is 13.7.